The number of aromatic amines is 1. The van der Waals surface area contributed by atoms with Gasteiger partial charge in [-0.25, -0.2) is 4.98 Å². The molecule has 2 aromatic rings. The van der Waals surface area contributed by atoms with Crippen molar-refractivity contribution < 1.29 is 10.2 Å². The Hall–Kier alpha value is -2.34. The minimum atomic E-state index is -0.114. The summed E-state index contributed by atoms with van der Waals surface area (Å²) < 4.78 is 0. The normalized spacial score (nSPS) is 18.6. The van der Waals surface area contributed by atoms with Crippen molar-refractivity contribution in [1.82, 2.24) is 14.9 Å². The highest BCUT2D eigenvalue weighted by atomic mass is 16.3. The lowest BCUT2D eigenvalue weighted by Crippen LogP contribution is -2.36. The van der Waals surface area contributed by atoms with Crippen LogP contribution in [0.15, 0.2) is 23.0 Å². The molecule has 4 rings (SSSR count). The highest BCUT2D eigenvalue weighted by Gasteiger charge is 2.25. The van der Waals surface area contributed by atoms with Gasteiger partial charge >= 0.3 is 0 Å². The quantitative estimate of drug-likeness (QED) is 0.737. The number of phenols is 2. The van der Waals surface area contributed by atoms with E-state index in [2.05, 4.69) is 9.88 Å². The Morgan fingerprint density at radius 3 is 2.81 bits per heavy atom. The van der Waals surface area contributed by atoms with E-state index in [-0.39, 0.29) is 17.1 Å². The number of hydrogen-bond donors (Lipinski definition) is 3. The summed E-state index contributed by atoms with van der Waals surface area (Å²) in [5, 5.41) is 19.7. The maximum Gasteiger partial charge on any atom is 0.255 e. The SMILES string of the molecule is O=c1[nH]c(C2CCCCC2)nc2c1CN(Cc1cccc(O)c1O)CC2. The van der Waals surface area contributed by atoms with Crippen LogP contribution in [0, 0.1) is 0 Å². The van der Waals surface area contributed by atoms with Crippen molar-refractivity contribution in [1.29, 1.82) is 0 Å². The molecule has 1 fully saturated rings. The number of H-pyrrole nitrogens is 1. The molecule has 138 valence electrons. The summed E-state index contributed by atoms with van der Waals surface area (Å²) in [5.74, 6) is 1.06. The van der Waals surface area contributed by atoms with Gasteiger partial charge < -0.3 is 15.2 Å². The first-order valence-electron chi connectivity index (χ1n) is 9.46. The van der Waals surface area contributed by atoms with Crippen LogP contribution in [0.5, 0.6) is 11.5 Å². The summed E-state index contributed by atoms with van der Waals surface area (Å²) in [4.78, 5) is 22.6. The summed E-state index contributed by atoms with van der Waals surface area (Å²) in [6.07, 6.45) is 6.68. The molecular formula is C20H25N3O3. The summed E-state index contributed by atoms with van der Waals surface area (Å²) in [6.45, 7) is 1.78. The molecule has 0 spiro atoms. The maximum absolute atomic E-state index is 12.6. The van der Waals surface area contributed by atoms with E-state index in [1.165, 1.54) is 25.3 Å². The molecule has 1 aliphatic carbocycles. The molecule has 26 heavy (non-hydrogen) atoms. The smallest absolute Gasteiger partial charge is 0.255 e. The lowest BCUT2D eigenvalue weighted by molar-refractivity contribution is 0.237. The standard InChI is InChI=1S/C20H25N3O3/c24-17-8-4-7-14(18(17)25)11-23-10-9-16-15(12-23)20(26)22-19(21-16)13-5-2-1-3-6-13/h4,7-8,13,24-25H,1-3,5-6,9-12H2,(H,21,22,26). The molecule has 0 radical (unpaired) electrons. The minimum absolute atomic E-state index is 0.0274. The zero-order chi connectivity index (χ0) is 18.1. The fourth-order valence-corrected chi connectivity index (χ4v) is 4.15. The summed E-state index contributed by atoms with van der Waals surface area (Å²) in [5.41, 5.74) is 2.29. The number of aromatic nitrogens is 2. The van der Waals surface area contributed by atoms with E-state index in [1.807, 2.05) is 0 Å². The van der Waals surface area contributed by atoms with E-state index in [1.54, 1.807) is 12.1 Å². The summed E-state index contributed by atoms with van der Waals surface area (Å²) in [7, 11) is 0. The van der Waals surface area contributed by atoms with Gasteiger partial charge in [0.2, 0.25) is 0 Å². The van der Waals surface area contributed by atoms with E-state index < -0.39 is 0 Å². The average molecular weight is 355 g/mol. The van der Waals surface area contributed by atoms with Crippen LogP contribution in [0.3, 0.4) is 0 Å². The second-order valence-corrected chi connectivity index (χ2v) is 7.46. The molecule has 0 atom stereocenters. The van der Waals surface area contributed by atoms with Gasteiger partial charge in [-0.3, -0.25) is 9.69 Å². The Bertz CT molecular complexity index is 856. The van der Waals surface area contributed by atoms with Crippen LogP contribution >= 0.6 is 0 Å². The van der Waals surface area contributed by atoms with Crippen LogP contribution in [-0.4, -0.2) is 31.6 Å². The third-order valence-corrected chi connectivity index (χ3v) is 5.65. The van der Waals surface area contributed by atoms with E-state index in [0.717, 1.165) is 42.9 Å². The monoisotopic (exact) mass is 355 g/mol. The molecule has 0 bridgehead atoms. The van der Waals surface area contributed by atoms with Gasteiger partial charge in [-0.15, -0.1) is 0 Å². The van der Waals surface area contributed by atoms with Crippen molar-refractivity contribution in [2.45, 2.75) is 57.5 Å². The number of rotatable bonds is 3. The number of para-hydroxylation sites is 1. The first-order valence-corrected chi connectivity index (χ1v) is 9.46. The summed E-state index contributed by atoms with van der Waals surface area (Å²) >= 11 is 0. The largest absolute Gasteiger partial charge is 0.504 e. The number of nitrogens with zero attached hydrogens (tertiary/aromatic N) is 2. The lowest BCUT2D eigenvalue weighted by atomic mass is 9.88. The van der Waals surface area contributed by atoms with Crippen molar-refractivity contribution >= 4 is 0 Å². The molecule has 2 aliphatic rings. The van der Waals surface area contributed by atoms with E-state index in [0.29, 0.717) is 24.6 Å². The second kappa shape index (κ2) is 7.11. The van der Waals surface area contributed by atoms with Crippen molar-refractivity contribution in [2.24, 2.45) is 0 Å². The van der Waals surface area contributed by atoms with Gasteiger partial charge in [-0.2, -0.15) is 0 Å². The Morgan fingerprint density at radius 1 is 1.19 bits per heavy atom. The van der Waals surface area contributed by atoms with Crippen LogP contribution in [0.1, 0.15) is 60.7 Å². The fraction of sp³-hybridized carbons (Fsp3) is 0.500. The molecule has 2 heterocycles. The average Bonchev–Trinajstić information content (AvgIpc) is 2.66. The van der Waals surface area contributed by atoms with Gasteiger partial charge in [0.25, 0.3) is 5.56 Å². The molecular weight excluding hydrogens is 330 g/mol. The number of aromatic hydroxyl groups is 2. The third kappa shape index (κ3) is 3.33. The van der Waals surface area contributed by atoms with Crippen LogP contribution in [0.25, 0.3) is 0 Å². The lowest BCUT2D eigenvalue weighted by Gasteiger charge is -2.29. The van der Waals surface area contributed by atoms with Gasteiger partial charge in [0.05, 0.1) is 11.3 Å². The molecule has 1 aromatic heterocycles. The van der Waals surface area contributed by atoms with Crippen molar-refractivity contribution in [3.05, 3.63) is 51.2 Å². The molecule has 6 heteroatoms. The molecule has 3 N–H and O–H groups in total. The van der Waals surface area contributed by atoms with Crippen LogP contribution in [0.4, 0.5) is 0 Å². The Kier molecular flexibility index (Phi) is 4.68. The number of nitrogens with one attached hydrogen (secondary N) is 1. The van der Waals surface area contributed by atoms with Gasteiger partial charge in [-0.05, 0) is 18.9 Å². The fourth-order valence-electron chi connectivity index (χ4n) is 4.15. The molecule has 1 aromatic carbocycles. The van der Waals surface area contributed by atoms with E-state index in [9.17, 15) is 15.0 Å². The predicted molar refractivity (Wildman–Crippen MR) is 98.3 cm³/mol. The van der Waals surface area contributed by atoms with E-state index in [4.69, 9.17) is 4.98 Å². The van der Waals surface area contributed by atoms with Gasteiger partial charge in [0, 0.05) is 37.5 Å². The van der Waals surface area contributed by atoms with Crippen LogP contribution < -0.4 is 5.56 Å². The maximum atomic E-state index is 12.6. The number of benzene rings is 1. The highest BCUT2D eigenvalue weighted by molar-refractivity contribution is 5.44. The third-order valence-electron chi connectivity index (χ3n) is 5.65. The number of phenolic OH excluding ortho intramolecular Hbond substituents is 2. The Balaban J connectivity index is 1.53. The Morgan fingerprint density at radius 2 is 2.00 bits per heavy atom. The number of hydrogen-bond acceptors (Lipinski definition) is 5. The first-order chi connectivity index (χ1) is 12.6. The zero-order valence-electron chi connectivity index (χ0n) is 14.9. The molecule has 0 amide bonds. The highest BCUT2D eigenvalue weighted by Crippen LogP contribution is 2.32. The topological polar surface area (TPSA) is 89.5 Å². The second-order valence-electron chi connectivity index (χ2n) is 7.46. The molecule has 0 saturated heterocycles. The van der Waals surface area contributed by atoms with Crippen LogP contribution in [0.2, 0.25) is 0 Å². The molecule has 1 aliphatic heterocycles. The van der Waals surface area contributed by atoms with Crippen molar-refractivity contribution in [2.75, 3.05) is 6.54 Å². The minimum Gasteiger partial charge on any atom is -0.504 e. The van der Waals surface area contributed by atoms with Crippen molar-refractivity contribution in [3.63, 3.8) is 0 Å². The Labute approximate surface area is 152 Å². The van der Waals surface area contributed by atoms with Gasteiger partial charge in [0.1, 0.15) is 5.82 Å². The molecule has 6 nitrogen and oxygen atoms in total. The van der Waals surface area contributed by atoms with Gasteiger partial charge in [-0.1, -0.05) is 31.4 Å². The molecule has 1 saturated carbocycles. The zero-order valence-corrected chi connectivity index (χ0v) is 14.9. The van der Waals surface area contributed by atoms with Crippen LogP contribution in [-0.2, 0) is 19.5 Å². The van der Waals surface area contributed by atoms with Gasteiger partial charge in [0.15, 0.2) is 11.5 Å². The summed E-state index contributed by atoms with van der Waals surface area (Å²) in [6, 6.07) is 4.97. The number of fused-ring (bicyclic) bond motifs is 1. The predicted octanol–water partition coefficient (Wildman–Crippen LogP) is 2.79. The molecule has 0 unspecified atom stereocenters. The van der Waals surface area contributed by atoms with E-state index >= 15 is 0 Å². The first kappa shape index (κ1) is 17.1. The van der Waals surface area contributed by atoms with Crippen molar-refractivity contribution in [3.8, 4) is 11.5 Å².